The highest BCUT2D eigenvalue weighted by atomic mass is 35.5. The predicted molar refractivity (Wildman–Crippen MR) is 99.1 cm³/mol. The molecule has 1 fully saturated rings. The summed E-state index contributed by atoms with van der Waals surface area (Å²) in [6.45, 7) is 1.20. The molecule has 2 amide bonds. The Morgan fingerprint density at radius 3 is 2.70 bits per heavy atom. The zero-order chi connectivity index (χ0) is 18.8. The summed E-state index contributed by atoms with van der Waals surface area (Å²) in [7, 11) is 0. The molecule has 0 unspecified atom stereocenters. The van der Waals surface area contributed by atoms with Crippen LogP contribution < -0.4 is 14.8 Å². The Hall–Kier alpha value is -2.80. The van der Waals surface area contributed by atoms with E-state index in [1.807, 2.05) is 0 Å². The van der Waals surface area contributed by atoms with Crippen LogP contribution in [0.15, 0.2) is 36.5 Å². The molecule has 2 aliphatic heterocycles. The summed E-state index contributed by atoms with van der Waals surface area (Å²) in [5, 5.41) is 3.12. The van der Waals surface area contributed by atoms with Crippen molar-refractivity contribution in [1.29, 1.82) is 0 Å². The number of hydrogen-bond acceptors (Lipinski definition) is 5. The lowest BCUT2D eigenvalue weighted by Gasteiger charge is -2.31. The SMILES string of the molecule is O=C(Nc1ccc2c(c1)OCO2)C1CCN(C(=O)c2cccnc2Cl)CC1. The first kappa shape index (κ1) is 17.6. The summed E-state index contributed by atoms with van der Waals surface area (Å²) < 4.78 is 10.6. The zero-order valence-corrected chi connectivity index (χ0v) is 15.2. The van der Waals surface area contributed by atoms with Gasteiger partial charge in [0.15, 0.2) is 11.5 Å². The van der Waals surface area contributed by atoms with Crippen LogP contribution in [0.1, 0.15) is 23.2 Å². The number of carbonyl (C=O) groups excluding carboxylic acids is 2. The van der Waals surface area contributed by atoms with Crippen molar-refractivity contribution in [2.45, 2.75) is 12.8 Å². The number of halogens is 1. The Balaban J connectivity index is 1.34. The fourth-order valence-corrected chi connectivity index (χ4v) is 3.48. The predicted octanol–water partition coefficient (Wildman–Crippen LogP) is 2.95. The van der Waals surface area contributed by atoms with E-state index in [1.54, 1.807) is 41.4 Å². The quantitative estimate of drug-likeness (QED) is 0.819. The Kier molecular flexibility index (Phi) is 4.85. The van der Waals surface area contributed by atoms with Crippen molar-refractivity contribution in [3.05, 3.63) is 47.2 Å². The number of ether oxygens (including phenoxy) is 2. The Labute approximate surface area is 161 Å². The normalized spacial score (nSPS) is 16.3. The van der Waals surface area contributed by atoms with Crippen molar-refractivity contribution in [3.63, 3.8) is 0 Å². The van der Waals surface area contributed by atoms with E-state index < -0.39 is 0 Å². The fourth-order valence-electron chi connectivity index (χ4n) is 3.28. The van der Waals surface area contributed by atoms with Gasteiger partial charge in [0.25, 0.3) is 5.91 Å². The third-order valence-electron chi connectivity index (χ3n) is 4.78. The molecule has 0 saturated carbocycles. The number of amides is 2. The van der Waals surface area contributed by atoms with Crippen LogP contribution in [0, 0.1) is 5.92 Å². The van der Waals surface area contributed by atoms with Gasteiger partial charge in [-0.05, 0) is 37.1 Å². The highest BCUT2D eigenvalue weighted by Crippen LogP contribution is 2.34. The number of nitrogens with one attached hydrogen (secondary N) is 1. The largest absolute Gasteiger partial charge is 0.454 e. The summed E-state index contributed by atoms with van der Waals surface area (Å²) in [6.07, 6.45) is 2.74. The minimum absolute atomic E-state index is 0.0552. The van der Waals surface area contributed by atoms with Crippen LogP contribution in [0.25, 0.3) is 0 Å². The lowest BCUT2D eigenvalue weighted by Crippen LogP contribution is -2.41. The van der Waals surface area contributed by atoms with Crippen molar-refractivity contribution in [2.75, 3.05) is 25.2 Å². The van der Waals surface area contributed by atoms with E-state index >= 15 is 0 Å². The fraction of sp³-hybridized carbons (Fsp3) is 0.316. The van der Waals surface area contributed by atoms with E-state index in [-0.39, 0.29) is 29.7 Å². The van der Waals surface area contributed by atoms with Gasteiger partial charge < -0.3 is 19.7 Å². The molecule has 0 aliphatic carbocycles. The van der Waals surface area contributed by atoms with Crippen LogP contribution in [0.4, 0.5) is 5.69 Å². The molecule has 8 heteroatoms. The number of piperidine rings is 1. The second kappa shape index (κ2) is 7.44. The van der Waals surface area contributed by atoms with Gasteiger partial charge in [-0.25, -0.2) is 4.98 Å². The maximum atomic E-state index is 12.6. The Morgan fingerprint density at radius 1 is 1.15 bits per heavy atom. The highest BCUT2D eigenvalue weighted by molar-refractivity contribution is 6.32. The number of nitrogens with zero attached hydrogens (tertiary/aromatic N) is 2. The van der Waals surface area contributed by atoms with Gasteiger partial charge in [0, 0.05) is 37.0 Å². The van der Waals surface area contributed by atoms with Gasteiger partial charge >= 0.3 is 0 Å². The number of aromatic nitrogens is 1. The standard InChI is InChI=1S/C19H18ClN3O4/c20-17-14(2-1-7-21-17)19(25)23-8-5-12(6-9-23)18(24)22-13-3-4-15-16(10-13)27-11-26-15/h1-4,7,10,12H,5-6,8-9,11H2,(H,22,24). The number of likely N-dealkylation sites (tertiary alicyclic amines) is 1. The number of pyridine rings is 1. The van der Waals surface area contributed by atoms with Gasteiger partial charge in [0.2, 0.25) is 12.7 Å². The van der Waals surface area contributed by atoms with Gasteiger partial charge in [-0.15, -0.1) is 0 Å². The summed E-state index contributed by atoms with van der Waals surface area (Å²) in [6, 6.07) is 8.66. The summed E-state index contributed by atoms with van der Waals surface area (Å²) in [5.41, 5.74) is 1.06. The summed E-state index contributed by atoms with van der Waals surface area (Å²) >= 11 is 6.01. The van der Waals surface area contributed by atoms with Crippen molar-refractivity contribution in [3.8, 4) is 11.5 Å². The first-order valence-corrected chi connectivity index (χ1v) is 9.10. The molecule has 1 aromatic heterocycles. The number of rotatable bonds is 3. The average molecular weight is 388 g/mol. The molecule has 27 heavy (non-hydrogen) atoms. The van der Waals surface area contributed by atoms with Crippen LogP contribution in [0.3, 0.4) is 0 Å². The number of carbonyl (C=O) groups is 2. The van der Waals surface area contributed by atoms with E-state index in [0.29, 0.717) is 48.7 Å². The minimum Gasteiger partial charge on any atom is -0.454 e. The molecule has 140 valence electrons. The molecule has 4 rings (SSSR count). The molecule has 0 bridgehead atoms. The van der Waals surface area contributed by atoms with E-state index in [9.17, 15) is 9.59 Å². The molecule has 1 saturated heterocycles. The van der Waals surface area contributed by atoms with E-state index in [4.69, 9.17) is 21.1 Å². The molecule has 1 N–H and O–H groups in total. The summed E-state index contributed by atoms with van der Waals surface area (Å²) in [4.78, 5) is 30.8. The van der Waals surface area contributed by atoms with Gasteiger partial charge in [0.05, 0.1) is 5.56 Å². The second-order valence-corrected chi connectivity index (χ2v) is 6.82. The third-order valence-corrected chi connectivity index (χ3v) is 5.08. The monoisotopic (exact) mass is 387 g/mol. The second-order valence-electron chi connectivity index (χ2n) is 6.47. The molecule has 1 aromatic carbocycles. The summed E-state index contributed by atoms with van der Waals surface area (Å²) in [5.74, 6) is 0.947. The molecular formula is C19H18ClN3O4. The lowest BCUT2D eigenvalue weighted by molar-refractivity contribution is -0.121. The van der Waals surface area contributed by atoms with Crippen molar-refractivity contribution in [1.82, 2.24) is 9.88 Å². The number of anilines is 1. The van der Waals surface area contributed by atoms with Gasteiger partial charge in [-0.1, -0.05) is 11.6 Å². The third kappa shape index (κ3) is 3.68. The Bertz CT molecular complexity index is 881. The van der Waals surface area contributed by atoms with Gasteiger partial charge in [0.1, 0.15) is 5.15 Å². The topological polar surface area (TPSA) is 80.8 Å². The molecule has 0 atom stereocenters. The average Bonchev–Trinajstić information content (AvgIpc) is 3.16. The van der Waals surface area contributed by atoms with Crippen molar-refractivity contribution in [2.24, 2.45) is 5.92 Å². The maximum Gasteiger partial charge on any atom is 0.256 e. The van der Waals surface area contributed by atoms with Crippen LogP contribution in [-0.4, -0.2) is 41.6 Å². The van der Waals surface area contributed by atoms with Gasteiger partial charge in [-0.2, -0.15) is 0 Å². The molecule has 2 aliphatic rings. The molecule has 2 aromatic rings. The van der Waals surface area contributed by atoms with E-state index in [2.05, 4.69) is 10.3 Å². The number of fused-ring (bicyclic) bond motifs is 1. The Morgan fingerprint density at radius 2 is 1.93 bits per heavy atom. The maximum absolute atomic E-state index is 12.6. The van der Waals surface area contributed by atoms with Crippen LogP contribution in [0.5, 0.6) is 11.5 Å². The van der Waals surface area contributed by atoms with E-state index in [0.717, 1.165) is 0 Å². The van der Waals surface area contributed by atoms with E-state index in [1.165, 1.54) is 0 Å². The molecular weight excluding hydrogens is 370 g/mol. The van der Waals surface area contributed by atoms with Crippen LogP contribution in [0.2, 0.25) is 5.15 Å². The van der Waals surface area contributed by atoms with Crippen LogP contribution >= 0.6 is 11.6 Å². The number of hydrogen-bond donors (Lipinski definition) is 1. The first-order valence-electron chi connectivity index (χ1n) is 8.72. The molecule has 7 nitrogen and oxygen atoms in total. The zero-order valence-electron chi connectivity index (χ0n) is 14.5. The highest BCUT2D eigenvalue weighted by Gasteiger charge is 2.29. The van der Waals surface area contributed by atoms with Crippen molar-refractivity contribution >= 4 is 29.1 Å². The molecule has 3 heterocycles. The van der Waals surface area contributed by atoms with Crippen LogP contribution in [-0.2, 0) is 4.79 Å². The first-order chi connectivity index (χ1) is 13.1. The smallest absolute Gasteiger partial charge is 0.256 e. The number of benzene rings is 1. The van der Waals surface area contributed by atoms with Crippen molar-refractivity contribution < 1.29 is 19.1 Å². The molecule has 0 spiro atoms. The van der Waals surface area contributed by atoms with Gasteiger partial charge in [-0.3, -0.25) is 9.59 Å². The molecule has 0 radical (unpaired) electrons. The lowest BCUT2D eigenvalue weighted by atomic mass is 9.95. The minimum atomic E-state index is -0.150.